The highest BCUT2D eigenvalue weighted by Gasteiger charge is 2.40. The van der Waals surface area contributed by atoms with Crippen LogP contribution < -0.4 is 0 Å². The Hall–Kier alpha value is -1.66. The molecule has 1 heterocycles. The summed E-state index contributed by atoms with van der Waals surface area (Å²) in [4.78, 5) is 13.6. The molecule has 0 saturated heterocycles. The molecule has 0 unspecified atom stereocenters. The second-order valence-corrected chi connectivity index (χ2v) is 5.92. The summed E-state index contributed by atoms with van der Waals surface area (Å²) in [6.45, 7) is 1.20. The molecule has 112 valence electrons. The van der Waals surface area contributed by atoms with Crippen LogP contribution in [-0.4, -0.2) is 23.9 Å². The third kappa shape index (κ3) is 4.41. The molecule has 0 radical (unpaired) electrons. The average Bonchev–Trinajstić information content (AvgIpc) is 2.86. The van der Waals surface area contributed by atoms with Gasteiger partial charge in [-0.3, -0.25) is 9.69 Å². The Morgan fingerprint density at radius 1 is 1.10 bits per heavy atom. The molecule has 0 aliphatic heterocycles. The summed E-state index contributed by atoms with van der Waals surface area (Å²) in [7, 11) is 1.89. The van der Waals surface area contributed by atoms with Gasteiger partial charge < -0.3 is 0 Å². The van der Waals surface area contributed by atoms with Crippen LogP contribution in [-0.2, 0) is 13.1 Å². The fourth-order valence-corrected chi connectivity index (χ4v) is 2.99. The summed E-state index contributed by atoms with van der Waals surface area (Å²) in [6, 6.07) is 12.6. The maximum atomic E-state index is 12.3. The second kappa shape index (κ2) is 6.41. The minimum absolute atomic E-state index is 0.259. The summed E-state index contributed by atoms with van der Waals surface area (Å²) >= 11 is 0.896. The monoisotopic (exact) mass is 313 g/mol. The number of thiophene rings is 1. The molecule has 0 saturated carbocycles. The van der Waals surface area contributed by atoms with Crippen LogP contribution >= 0.6 is 11.3 Å². The van der Waals surface area contributed by atoms with E-state index in [0.29, 0.717) is 13.1 Å². The number of nitrogens with zero attached hydrogens (tertiary/aromatic N) is 1. The summed E-state index contributed by atoms with van der Waals surface area (Å²) in [5.41, 5.74) is 1.13. The molecule has 2 rings (SSSR count). The Labute approximate surface area is 124 Å². The largest absolute Gasteiger partial charge is 0.455 e. The van der Waals surface area contributed by atoms with Crippen molar-refractivity contribution in [2.75, 3.05) is 7.05 Å². The van der Waals surface area contributed by atoms with Crippen LogP contribution in [0.4, 0.5) is 13.2 Å². The van der Waals surface area contributed by atoms with E-state index in [1.807, 2.05) is 42.3 Å². The van der Waals surface area contributed by atoms with Gasteiger partial charge in [-0.2, -0.15) is 13.2 Å². The first kappa shape index (κ1) is 15.7. The number of carbonyl (C=O) groups excluding carboxylic acids is 1. The first-order valence-corrected chi connectivity index (χ1v) is 7.10. The van der Waals surface area contributed by atoms with E-state index in [4.69, 9.17) is 0 Å². The zero-order chi connectivity index (χ0) is 15.5. The number of hydrogen-bond donors (Lipinski definition) is 0. The number of rotatable bonds is 5. The number of Topliss-reactive ketones (excluding diaryl/α,β-unsaturated/α-hetero) is 1. The van der Waals surface area contributed by atoms with Gasteiger partial charge in [-0.15, -0.1) is 11.3 Å². The van der Waals surface area contributed by atoms with Gasteiger partial charge in [0.1, 0.15) is 0 Å². The summed E-state index contributed by atoms with van der Waals surface area (Å²) < 4.78 is 37.0. The fourth-order valence-electron chi connectivity index (χ4n) is 1.94. The van der Waals surface area contributed by atoms with E-state index >= 15 is 0 Å². The van der Waals surface area contributed by atoms with Gasteiger partial charge in [0.15, 0.2) is 0 Å². The van der Waals surface area contributed by atoms with Crippen LogP contribution in [0.15, 0.2) is 42.5 Å². The molecule has 0 atom stereocenters. The van der Waals surface area contributed by atoms with Crippen molar-refractivity contribution in [3.05, 3.63) is 57.8 Å². The van der Waals surface area contributed by atoms with Gasteiger partial charge >= 0.3 is 6.18 Å². The smallest absolute Gasteiger partial charge is 0.297 e. The first-order valence-electron chi connectivity index (χ1n) is 6.29. The van der Waals surface area contributed by atoms with E-state index in [1.165, 1.54) is 6.07 Å². The Balaban J connectivity index is 1.98. The molecule has 0 spiro atoms. The Morgan fingerprint density at radius 2 is 1.76 bits per heavy atom. The standard InChI is InChI=1S/C15H14F3NOS/c1-19(9-11-5-3-2-4-6-11)10-12-7-8-13(21-12)14(20)15(16,17)18/h2-8H,9-10H2,1H3. The van der Waals surface area contributed by atoms with Crippen LogP contribution in [0.2, 0.25) is 0 Å². The molecular formula is C15H14F3NOS. The number of benzene rings is 1. The van der Waals surface area contributed by atoms with Gasteiger partial charge in [-0.05, 0) is 24.7 Å². The van der Waals surface area contributed by atoms with Crippen molar-refractivity contribution < 1.29 is 18.0 Å². The van der Waals surface area contributed by atoms with Crippen LogP contribution in [0, 0.1) is 0 Å². The van der Waals surface area contributed by atoms with E-state index in [-0.39, 0.29) is 4.88 Å². The van der Waals surface area contributed by atoms with E-state index in [9.17, 15) is 18.0 Å². The molecule has 21 heavy (non-hydrogen) atoms. The van der Waals surface area contributed by atoms with Crippen LogP contribution in [0.5, 0.6) is 0 Å². The van der Waals surface area contributed by atoms with Crippen LogP contribution in [0.1, 0.15) is 20.1 Å². The van der Waals surface area contributed by atoms with E-state index in [0.717, 1.165) is 21.8 Å². The fraction of sp³-hybridized carbons (Fsp3) is 0.267. The molecule has 0 fully saturated rings. The lowest BCUT2D eigenvalue weighted by Gasteiger charge is -2.15. The molecule has 1 aromatic heterocycles. The zero-order valence-electron chi connectivity index (χ0n) is 11.4. The first-order chi connectivity index (χ1) is 9.86. The Kier molecular flexibility index (Phi) is 4.80. The number of carbonyl (C=O) groups is 1. The third-order valence-corrected chi connectivity index (χ3v) is 3.93. The average molecular weight is 313 g/mol. The normalized spacial score (nSPS) is 11.9. The van der Waals surface area contributed by atoms with Crippen molar-refractivity contribution in [2.45, 2.75) is 19.3 Å². The van der Waals surface area contributed by atoms with Gasteiger partial charge in [0.05, 0.1) is 4.88 Å². The maximum absolute atomic E-state index is 12.3. The number of ketones is 1. The van der Waals surface area contributed by atoms with Gasteiger partial charge in [0.25, 0.3) is 5.78 Å². The molecule has 0 aliphatic carbocycles. The van der Waals surface area contributed by atoms with Crippen LogP contribution in [0.3, 0.4) is 0 Å². The molecule has 6 heteroatoms. The molecule has 0 N–H and O–H groups in total. The van der Waals surface area contributed by atoms with Crippen molar-refractivity contribution in [2.24, 2.45) is 0 Å². The molecule has 2 nitrogen and oxygen atoms in total. The number of halogens is 3. The molecular weight excluding hydrogens is 299 g/mol. The Morgan fingerprint density at radius 3 is 2.38 bits per heavy atom. The predicted molar refractivity (Wildman–Crippen MR) is 76.3 cm³/mol. The highest BCUT2D eigenvalue weighted by molar-refractivity contribution is 7.14. The number of hydrogen-bond acceptors (Lipinski definition) is 3. The van der Waals surface area contributed by atoms with Crippen LogP contribution in [0.25, 0.3) is 0 Å². The topological polar surface area (TPSA) is 20.3 Å². The summed E-state index contributed by atoms with van der Waals surface area (Å²) in [5, 5.41) is 0. The van der Waals surface area contributed by atoms with Crippen molar-refractivity contribution in [1.82, 2.24) is 4.90 Å². The van der Waals surface area contributed by atoms with E-state index in [2.05, 4.69) is 0 Å². The lowest BCUT2D eigenvalue weighted by Crippen LogP contribution is -2.21. The van der Waals surface area contributed by atoms with Gasteiger partial charge in [0.2, 0.25) is 0 Å². The predicted octanol–water partition coefficient (Wildman–Crippen LogP) is 4.13. The quantitative estimate of drug-likeness (QED) is 0.774. The molecule has 0 aliphatic rings. The van der Waals surface area contributed by atoms with Crippen molar-refractivity contribution in [3.8, 4) is 0 Å². The van der Waals surface area contributed by atoms with Crippen molar-refractivity contribution >= 4 is 17.1 Å². The van der Waals surface area contributed by atoms with Crippen molar-refractivity contribution in [3.63, 3.8) is 0 Å². The third-order valence-electron chi connectivity index (χ3n) is 2.86. The Bertz CT molecular complexity index is 607. The highest BCUT2D eigenvalue weighted by atomic mass is 32.1. The van der Waals surface area contributed by atoms with Crippen molar-refractivity contribution in [1.29, 1.82) is 0 Å². The van der Waals surface area contributed by atoms with Gasteiger partial charge in [-0.1, -0.05) is 30.3 Å². The number of alkyl halides is 3. The summed E-state index contributed by atoms with van der Waals surface area (Å²) in [5.74, 6) is -1.77. The molecule has 2 aromatic rings. The van der Waals surface area contributed by atoms with Gasteiger partial charge in [-0.25, -0.2) is 0 Å². The molecule has 1 aromatic carbocycles. The SMILES string of the molecule is CN(Cc1ccccc1)Cc1ccc(C(=O)C(F)(F)F)s1. The summed E-state index contributed by atoms with van der Waals surface area (Å²) in [6.07, 6.45) is -4.81. The van der Waals surface area contributed by atoms with E-state index < -0.39 is 12.0 Å². The minimum atomic E-state index is -4.81. The van der Waals surface area contributed by atoms with E-state index in [1.54, 1.807) is 6.07 Å². The molecule has 0 amide bonds. The van der Waals surface area contributed by atoms with Gasteiger partial charge in [0, 0.05) is 18.0 Å². The second-order valence-electron chi connectivity index (χ2n) is 4.75. The zero-order valence-corrected chi connectivity index (χ0v) is 12.2. The highest BCUT2D eigenvalue weighted by Crippen LogP contribution is 2.27. The minimum Gasteiger partial charge on any atom is -0.297 e. The lowest BCUT2D eigenvalue weighted by atomic mass is 10.2. The molecule has 0 bridgehead atoms. The maximum Gasteiger partial charge on any atom is 0.455 e. The lowest BCUT2D eigenvalue weighted by molar-refractivity contribution is -0.0882.